The number of hydrogen-bond donors (Lipinski definition) is 1. The Labute approximate surface area is 116 Å². The van der Waals surface area contributed by atoms with E-state index in [1.807, 2.05) is 0 Å². The average Bonchev–Trinajstić information content (AvgIpc) is 2.87. The number of aryl methyl sites for hydroxylation is 1. The number of rotatable bonds is 6. The van der Waals surface area contributed by atoms with E-state index in [0.29, 0.717) is 17.2 Å². The van der Waals surface area contributed by atoms with Crippen LogP contribution in [0.15, 0.2) is 28.8 Å². The van der Waals surface area contributed by atoms with Crippen LogP contribution in [0.3, 0.4) is 0 Å². The second kappa shape index (κ2) is 6.68. The van der Waals surface area contributed by atoms with Crippen molar-refractivity contribution in [1.82, 2.24) is 10.3 Å². The number of nitrogens with one attached hydrogen (secondary N) is 1. The van der Waals surface area contributed by atoms with Crippen molar-refractivity contribution in [1.29, 1.82) is 0 Å². The number of halogens is 2. The number of oxazole rings is 1. The molecule has 2 rings (SSSR count). The summed E-state index contributed by atoms with van der Waals surface area (Å²) in [7, 11) is 0. The van der Waals surface area contributed by atoms with Gasteiger partial charge in [0, 0.05) is 12.0 Å². The molecule has 0 saturated carbocycles. The first-order valence-electron chi connectivity index (χ1n) is 6.32. The van der Waals surface area contributed by atoms with Crippen molar-refractivity contribution in [3.05, 3.63) is 41.1 Å². The molecule has 0 aliphatic rings. The summed E-state index contributed by atoms with van der Waals surface area (Å²) in [5.74, 6) is 0.695. The summed E-state index contributed by atoms with van der Waals surface area (Å²) >= 11 is 5.91. The summed E-state index contributed by atoms with van der Waals surface area (Å²) in [6, 6.07) is 4.64. The topological polar surface area (TPSA) is 38.1 Å². The third-order valence-corrected chi connectivity index (χ3v) is 3.15. The van der Waals surface area contributed by atoms with Gasteiger partial charge in [0.05, 0.1) is 11.2 Å². The molecule has 0 aliphatic heterocycles. The lowest BCUT2D eigenvalue weighted by atomic mass is 10.2. The van der Waals surface area contributed by atoms with Crippen LogP contribution in [0.5, 0.6) is 0 Å². The summed E-state index contributed by atoms with van der Waals surface area (Å²) < 4.78 is 19.0. The molecular formula is C14H16ClFN2O. The molecule has 2 aromatic rings. The highest BCUT2D eigenvalue weighted by Gasteiger charge is 2.12. The highest BCUT2D eigenvalue weighted by molar-refractivity contribution is 6.33. The maximum atomic E-state index is 13.4. The van der Waals surface area contributed by atoms with Crippen molar-refractivity contribution in [3.63, 3.8) is 0 Å². The lowest BCUT2D eigenvalue weighted by Crippen LogP contribution is -2.14. The highest BCUT2D eigenvalue weighted by atomic mass is 35.5. The van der Waals surface area contributed by atoms with E-state index in [1.165, 1.54) is 6.07 Å². The van der Waals surface area contributed by atoms with Gasteiger partial charge in [-0.25, -0.2) is 9.37 Å². The summed E-state index contributed by atoms with van der Waals surface area (Å²) in [6.45, 7) is 3.94. The summed E-state index contributed by atoms with van der Waals surface area (Å²) in [4.78, 5) is 4.19. The molecule has 0 atom stereocenters. The minimum atomic E-state index is -0.454. The second-order valence-electron chi connectivity index (χ2n) is 4.18. The molecule has 0 amide bonds. The van der Waals surface area contributed by atoms with Crippen LogP contribution in [0, 0.1) is 5.82 Å². The number of nitrogens with zero attached hydrogens (tertiary/aromatic N) is 1. The van der Waals surface area contributed by atoms with Gasteiger partial charge in [-0.15, -0.1) is 0 Å². The SMILES string of the molecule is CCNCCCc1ncc(-c2cccc(F)c2Cl)o1. The molecule has 0 saturated heterocycles. The Bertz CT molecular complexity index is 542. The van der Waals surface area contributed by atoms with Crippen LogP contribution in [-0.4, -0.2) is 18.1 Å². The monoisotopic (exact) mass is 282 g/mol. The van der Waals surface area contributed by atoms with Gasteiger partial charge in [-0.05, 0) is 31.6 Å². The summed E-state index contributed by atoms with van der Waals surface area (Å²) in [6.07, 6.45) is 3.29. The van der Waals surface area contributed by atoms with Crippen molar-refractivity contribution < 1.29 is 8.81 Å². The standard InChI is InChI=1S/C14H16ClFN2O/c1-2-17-8-4-7-13-18-9-12(19-13)10-5-3-6-11(16)14(10)15/h3,5-6,9,17H,2,4,7-8H2,1H3. The van der Waals surface area contributed by atoms with Crippen LogP contribution in [0.4, 0.5) is 4.39 Å². The van der Waals surface area contributed by atoms with E-state index in [9.17, 15) is 4.39 Å². The number of hydrogen-bond acceptors (Lipinski definition) is 3. The normalized spacial score (nSPS) is 10.9. The maximum absolute atomic E-state index is 13.4. The molecule has 0 fully saturated rings. The van der Waals surface area contributed by atoms with Crippen LogP contribution in [0.25, 0.3) is 11.3 Å². The third kappa shape index (κ3) is 3.55. The predicted molar refractivity (Wildman–Crippen MR) is 73.8 cm³/mol. The van der Waals surface area contributed by atoms with Crippen LogP contribution in [0.1, 0.15) is 19.2 Å². The first-order chi connectivity index (χ1) is 9.22. The fourth-order valence-corrected chi connectivity index (χ4v) is 2.00. The Morgan fingerprint density at radius 3 is 3.05 bits per heavy atom. The quantitative estimate of drug-likeness (QED) is 0.822. The first-order valence-corrected chi connectivity index (χ1v) is 6.70. The molecule has 19 heavy (non-hydrogen) atoms. The number of aromatic nitrogens is 1. The lowest BCUT2D eigenvalue weighted by molar-refractivity contribution is 0.492. The van der Waals surface area contributed by atoms with Gasteiger partial charge in [0.25, 0.3) is 0 Å². The van der Waals surface area contributed by atoms with Crippen LogP contribution < -0.4 is 5.32 Å². The fourth-order valence-electron chi connectivity index (χ4n) is 1.79. The Morgan fingerprint density at radius 1 is 1.42 bits per heavy atom. The molecule has 102 valence electrons. The van der Waals surface area contributed by atoms with Gasteiger partial charge in [-0.1, -0.05) is 24.6 Å². The highest BCUT2D eigenvalue weighted by Crippen LogP contribution is 2.30. The smallest absolute Gasteiger partial charge is 0.194 e. The van der Waals surface area contributed by atoms with Crippen molar-refractivity contribution in [2.24, 2.45) is 0 Å². The van der Waals surface area contributed by atoms with E-state index in [2.05, 4.69) is 17.2 Å². The van der Waals surface area contributed by atoms with E-state index in [-0.39, 0.29) is 5.02 Å². The van der Waals surface area contributed by atoms with Crippen molar-refractivity contribution >= 4 is 11.6 Å². The van der Waals surface area contributed by atoms with E-state index in [1.54, 1.807) is 18.3 Å². The van der Waals surface area contributed by atoms with E-state index in [0.717, 1.165) is 25.9 Å². The Balaban J connectivity index is 2.06. The molecule has 5 heteroatoms. The minimum absolute atomic E-state index is 0.0675. The average molecular weight is 283 g/mol. The molecular weight excluding hydrogens is 267 g/mol. The number of benzene rings is 1. The molecule has 1 aromatic heterocycles. The zero-order valence-corrected chi connectivity index (χ0v) is 11.5. The second-order valence-corrected chi connectivity index (χ2v) is 4.55. The zero-order chi connectivity index (χ0) is 13.7. The van der Waals surface area contributed by atoms with Gasteiger partial charge in [0.1, 0.15) is 5.82 Å². The van der Waals surface area contributed by atoms with Gasteiger partial charge in [-0.2, -0.15) is 0 Å². The minimum Gasteiger partial charge on any atom is -0.441 e. The first kappa shape index (κ1) is 14.0. The van der Waals surface area contributed by atoms with E-state index < -0.39 is 5.82 Å². The molecule has 1 heterocycles. The van der Waals surface area contributed by atoms with Gasteiger partial charge in [-0.3, -0.25) is 0 Å². The van der Waals surface area contributed by atoms with Gasteiger partial charge < -0.3 is 9.73 Å². The van der Waals surface area contributed by atoms with Crippen molar-refractivity contribution in [2.45, 2.75) is 19.8 Å². The maximum Gasteiger partial charge on any atom is 0.194 e. The Hall–Kier alpha value is -1.39. The molecule has 0 aliphatic carbocycles. The molecule has 0 bridgehead atoms. The van der Waals surface area contributed by atoms with E-state index >= 15 is 0 Å². The summed E-state index contributed by atoms with van der Waals surface area (Å²) in [5, 5.41) is 3.30. The van der Waals surface area contributed by atoms with Crippen molar-refractivity contribution in [3.8, 4) is 11.3 Å². The fraction of sp³-hybridized carbons (Fsp3) is 0.357. The lowest BCUT2D eigenvalue weighted by Gasteiger charge is -2.01. The van der Waals surface area contributed by atoms with Crippen molar-refractivity contribution in [2.75, 3.05) is 13.1 Å². The molecule has 0 unspecified atom stereocenters. The Morgan fingerprint density at radius 2 is 2.26 bits per heavy atom. The molecule has 1 N–H and O–H groups in total. The van der Waals surface area contributed by atoms with Gasteiger partial charge in [0.15, 0.2) is 11.7 Å². The van der Waals surface area contributed by atoms with Gasteiger partial charge >= 0.3 is 0 Å². The van der Waals surface area contributed by atoms with E-state index in [4.69, 9.17) is 16.0 Å². The van der Waals surface area contributed by atoms with Crippen LogP contribution >= 0.6 is 11.6 Å². The summed E-state index contributed by atoms with van der Waals surface area (Å²) in [5.41, 5.74) is 0.534. The molecule has 0 radical (unpaired) electrons. The van der Waals surface area contributed by atoms with Crippen LogP contribution in [0.2, 0.25) is 5.02 Å². The van der Waals surface area contributed by atoms with Gasteiger partial charge in [0.2, 0.25) is 0 Å². The van der Waals surface area contributed by atoms with Crippen LogP contribution in [-0.2, 0) is 6.42 Å². The molecule has 0 spiro atoms. The Kier molecular flexibility index (Phi) is 4.93. The largest absolute Gasteiger partial charge is 0.441 e. The zero-order valence-electron chi connectivity index (χ0n) is 10.7. The predicted octanol–water partition coefficient (Wildman–Crippen LogP) is 3.68. The third-order valence-electron chi connectivity index (χ3n) is 2.76. The molecule has 1 aromatic carbocycles. The molecule has 3 nitrogen and oxygen atoms in total.